The van der Waals surface area contributed by atoms with Crippen LogP contribution in [0.1, 0.15) is 17.2 Å². The molecule has 152 valence electrons. The molecule has 1 saturated heterocycles. The number of aliphatic hydroxyl groups is 1. The lowest BCUT2D eigenvalue weighted by atomic mass is 9.95. The molecule has 1 N–H and O–H groups in total. The minimum absolute atomic E-state index is 0.0253. The lowest BCUT2D eigenvalue weighted by molar-refractivity contribution is -0.149. The first-order chi connectivity index (χ1) is 14.0. The molecule has 0 saturated carbocycles. The fourth-order valence-corrected chi connectivity index (χ4v) is 3.36. The number of hydrogen-bond donors (Lipinski definition) is 1. The molecular formula is C22H23NO6. The van der Waals surface area contributed by atoms with E-state index in [1.807, 2.05) is 18.2 Å². The number of carbonyl (C=O) groups excluding carboxylic acids is 2. The summed E-state index contributed by atoms with van der Waals surface area (Å²) in [4.78, 5) is 27.0. The molecule has 1 aliphatic rings. The van der Waals surface area contributed by atoms with Crippen LogP contribution in [-0.2, 0) is 19.1 Å². The summed E-state index contributed by atoms with van der Waals surface area (Å²) >= 11 is 0. The van der Waals surface area contributed by atoms with Crippen LogP contribution in [0.2, 0.25) is 0 Å². The maximum absolute atomic E-state index is 12.9. The third-order valence-corrected chi connectivity index (χ3v) is 4.89. The topological polar surface area (TPSA) is 85.3 Å². The molecule has 1 heterocycles. The van der Waals surface area contributed by atoms with Gasteiger partial charge in [-0.15, -0.1) is 0 Å². The average molecular weight is 397 g/mol. The highest BCUT2D eigenvalue weighted by Gasteiger charge is 2.46. The summed E-state index contributed by atoms with van der Waals surface area (Å²) in [7, 11) is 4.46. The summed E-state index contributed by atoms with van der Waals surface area (Å²) in [6, 6.07) is 14.9. The summed E-state index contributed by atoms with van der Waals surface area (Å²) in [5.74, 6) is -1.09. The van der Waals surface area contributed by atoms with E-state index in [9.17, 15) is 14.7 Å². The molecule has 1 amide bonds. The molecule has 7 nitrogen and oxygen atoms in total. The van der Waals surface area contributed by atoms with Crippen molar-refractivity contribution in [2.45, 2.75) is 12.3 Å². The molecule has 0 aliphatic carbocycles. The van der Waals surface area contributed by atoms with Crippen LogP contribution in [0, 0.1) is 0 Å². The van der Waals surface area contributed by atoms with E-state index in [-0.39, 0.29) is 17.9 Å². The lowest BCUT2D eigenvalue weighted by Gasteiger charge is -2.28. The van der Waals surface area contributed by atoms with Gasteiger partial charge in [0.15, 0.2) is 6.29 Å². The van der Waals surface area contributed by atoms with Gasteiger partial charge in [-0.25, -0.2) is 0 Å². The number of nitrogens with zero attached hydrogens (tertiary/aromatic N) is 1. The van der Waals surface area contributed by atoms with Gasteiger partial charge in [0.05, 0.1) is 25.3 Å². The zero-order chi connectivity index (χ0) is 21.0. The first-order valence-corrected chi connectivity index (χ1v) is 9.05. The van der Waals surface area contributed by atoms with Crippen LogP contribution in [0.5, 0.6) is 5.75 Å². The first kappa shape index (κ1) is 20.6. The van der Waals surface area contributed by atoms with E-state index in [2.05, 4.69) is 0 Å². The maximum atomic E-state index is 12.9. The fourth-order valence-electron chi connectivity index (χ4n) is 3.36. The van der Waals surface area contributed by atoms with Crippen LogP contribution in [0.15, 0.2) is 60.2 Å². The molecule has 7 heteroatoms. The highest BCUT2D eigenvalue weighted by atomic mass is 16.7. The smallest absolute Gasteiger partial charge is 0.295 e. The van der Waals surface area contributed by atoms with Crippen molar-refractivity contribution in [2.75, 3.05) is 27.9 Å². The second-order valence-corrected chi connectivity index (χ2v) is 6.49. The van der Waals surface area contributed by atoms with Gasteiger partial charge in [0, 0.05) is 19.8 Å². The predicted molar refractivity (Wildman–Crippen MR) is 106 cm³/mol. The normalized spacial score (nSPS) is 18.5. The molecule has 1 aliphatic heterocycles. The van der Waals surface area contributed by atoms with E-state index >= 15 is 0 Å². The SMILES string of the molecule is COc1ccc(C(O)=C2C(=O)C(=O)N(CC(OC)OC)[C@H]2c2ccccc2)cc1. The summed E-state index contributed by atoms with van der Waals surface area (Å²) in [6.07, 6.45) is -0.708. The second kappa shape index (κ2) is 8.89. The molecule has 0 bridgehead atoms. The summed E-state index contributed by atoms with van der Waals surface area (Å²) in [5.41, 5.74) is 1.14. The van der Waals surface area contributed by atoms with Gasteiger partial charge in [-0.2, -0.15) is 0 Å². The lowest BCUT2D eigenvalue weighted by Crippen LogP contribution is -2.38. The largest absolute Gasteiger partial charge is 0.507 e. The van der Waals surface area contributed by atoms with Gasteiger partial charge in [-0.3, -0.25) is 9.59 Å². The van der Waals surface area contributed by atoms with Gasteiger partial charge in [0.25, 0.3) is 11.7 Å². The van der Waals surface area contributed by atoms with E-state index in [4.69, 9.17) is 14.2 Å². The van der Waals surface area contributed by atoms with Crippen LogP contribution >= 0.6 is 0 Å². The van der Waals surface area contributed by atoms with Crippen LogP contribution < -0.4 is 4.74 Å². The van der Waals surface area contributed by atoms with Crippen molar-refractivity contribution in [3.8, 4) is 5.75 Å². The quantitative estimate of drug-likeness (QED) is 0.335. The minimum atomic E-state index is -0.758. The molecule has 2 aromatic rings. The number of benzene rings is 2. The average Bonchev–Trinajstić information content (AvgIpc) is 3.02. The standard InChI is InChI=1S/C22H23NO6/c1-27-16-11-9-15(10-12-16)20(24)18-19(14-7-5-4-6-8-14)23(22(26)21(18)25)13-17(28-2)29-3/h4-12,17,19,24H,13H2,1-3H3/t19-/m0/s1. The van der Waals surface area contributed by atoms with Gasteiger partial charge in [-0.1, -0.05) is 30.3 Å². The van der Waals surface area contributed by atoms with Crippen LogP contribution in [0.25, 0.3) is 5.76 Å². The van der Waals surface area contributed by atoms with E-state index in [1.165, 1.54) is 26.2 Å². The zero-order valence-corrected chi connectivity index (χ0v) is 16.5. The molecule has 0 radical (unpaired) electrons. The predicted octanol–water partition coefficient (Wildman–Crippen LogP) is 2.74. The van der Waals surface area contributed by atoms with Gasteiger partial charge in [-0.05, 0) is 29.8 Å². The maximum Gasteiger partial charge on any atom is 0.295 e. The molecule has 0 unspecified atom stereocenters. The zero-order valence-electron chi connectivity index (χ0n) is 16.5. The van der Waals surface area contributed by atoms with Gasteiger partial charge in [0.1, 0.15) is 11.5 Å². The Labute approximate surface area is 169 Å². The monoisotopic (exact) mass is 397 g/mol. The summed E-state index contributed by atoms with van der Waals surface area (Å²) < 4.78 is 15.6. The van der Waals surface area contributed by atoms with Crippen molar-refractivity contribution in [1.82, 2.24) is 4.90 Å². The number of Topliss-reactive ketones (excluding diaryl/α,β-unsaturated/α-hetero) is 1. The number of amides is 1. The highest BCUT2D eigenvalue weighted by Crippen LogP contribution is 2.39. The number of ether oxygens (including phenoxy) is 3. The Hall–Kier alpha value is -3.16. The van der Waals surface area contributed by atoms with Crippen LogP contribution in [0.4, 0.5) is 0 Å². The molecule has 0 spiro atoms. The van der Waals surface area contributed by atoms with Gasteiger partial charge < -0.3 is 24.2 Å². The number of rotatable bonds is 7. The molecule has 29 heavy (non-hydrogen) atoms. The number of aliphatic hydroxyl groups excluding tert-OH is 1. The van der Waals surface area contributed by atoms with E-state index in [0.29, 0.717) is 16.9 Å². The molecule has 3 rings (SSSR count). The number of methoxy groups -OCH3 is 3. The Bertz CT molecular complexity index is 903. The van der Waals surface area contributed by atoms with Gasteiger partial charge in [0.2, 0.25) is 0 Å². The van der Waals surface area contributed by atoms with E-state index < -0.39 is 24.0 Å². The first-order valence-electron chi connectivity index (χ1n) is 9.05. The highest BCUT2D eigenvalue weighted by molar-refractivity contribution is 6.46. The molecule has 1 atom stereocenters. The van der Waals surface area contributed by atoms with E-state index in [1.54, 1.807) is 36.4 Å². The number of ketones is 1. The molecule has 2 aromatic carbocycles. The minimum Gasteiger partial charge on any atom is -0.507 e. The van der Waals surface area contributed by atoms with Crippen molar-refractivity contribution >= 4 is 17.4 Å². The fraction of sp³-hybridized carbons (Fsp3) is 0.273. The van der Waals surface area contributed by atoms with Crippen LogP contribution in [-0.4, -0.2) is 55.9 Å². The number of carbonyl (C=O) groups is 2. The van der Waals surface area contributed by atoms with Crippen molar-refractivity contribution in [3.63, 3.8) is 0 Å². The van der Waals surface area contributed by atoms with E-state index in [0.717, 1.165) is 0 Å². The second-order valence-electron chi connectivity index (χ2n) is 6.49. The van der Waals surface area contributed by atoms with Crippen molar-refractivity contribution in [3.05, 3.63) is 71.3 Å². The van der Waals surface area contributed by atoms with Crippen molar-refractivity contribution in [1.29, 1.82) is 0 Å². The summed E-state index contributed by atoms with van der Waals surface area (Å²) in [6.45, 7) is 0.0382. The Kier molecular flexibility index (Phi) is 6.31. The van der Waals surface area contributed by atoms with Crippen molar-refractivity contribution in [2.24, 2.45) is 0 Å². The Morgan fingerprint density at radius 2 is 1.62 bits per heavy atom. The molecule has 1 fully saturated rings. The Morgan fingerprint density at radius 1 is 1.00 bits per heavy atom. The number of hydrogen-bond acceptors (Lipinski definition) is 6. The third kappa shape index (κ3) is 4.01. The number of likely N-dealkylation sites (tertiary alicyclic amines) is 1. The van der Waals surface area contributed by atoms with Crippen molar-refractivity contribution < 1.29 is 28.9 Å². The third-order valence-electron chi connectivity index (χ3n) is 4.89. The molecule has 0 aromatic heterocycles. The molecular weight excluding hydrogens is 374 g/mol. The Morgan fingerprint density at radius 3 is 2.17 bits per heavy atom. The Balaban J connectivity index is 2.12. The summed E-state index contributed by atoms with van der Waals surface area (Å²) in [5, 5.41) is 10.9. The van der Waals surface area contributed by atoms with Crippen LogP contribution in [0.3, 0.4) is 0 Å². The van der Waals surface area contributed by atoms with Gasteiger partial charge >= 0.3 is 0 Å².